The van der Waals surface area contributed by atoms with Gasteiger partial charge in [0, 0.05) is 0 Å². The molecule has 108 valence electrons. The largest absolute Gasteiger partial charge is 0.480 e. The second kappa shape index (κ2) is 4.66. The molecule has 1 fully saturated rings. The van der Waals surface area contributed by atoms with Crippen LogP contribution in [-0.2, 0) is 15.1 Å². The van der Waals surface area contributed by atoms with Gasteiger partial charge in [-0.1, -0.05) is 13.8 Å². The first-order valence-electron chi connectivity index (χ1n) is 6.21. The maximum Gasteiger partial charge on any atom is 0.327 e. The van der Waals surface area contributed by atoms with E-state index in [2.05, 4.69) is 5.32 Å². The molecule has 2 rings (SSSR count). The second-order valence-corrected chi connectivity index (χ2v) is 5.23. The molecule has 2 N–H and O–H groups in total. The number of hydrogen-bond acceptors (Lipinski definition) is 4. The topological polar surface area (TPSA) is 99.8 Å². The van der Waals surface area contributed by atoms with Crippen LogP contribution in [0.2, 0.25) is 0 Å². The summed E-state index contributed by atoms with van der Waals surface area (Å²) in [4.78, 5) is 36.6. The maximum atomic E-state index is 12.5. The van der Waals surface area contributed by atoms with Gasteiger partial charge in [-0.2, -0.15) is 0 Å². The Balaban J connectivity index is 2.41. The van der Waals surface area contributed by atoms with Crippen LogP contribution in [0, 0.1) is 5.92 Å². The predicted octanol–water partition coefficient (Wildman–Crippen LogP) is 1.16. The Morgan fingerprint density at radius 2 is 2.10 bits per heavy atom. The molecule has 0 radical (unpaired) electrons. The van der Waals surface area contributed by atoms with Gasteiger partial charge in [-0.3, -0.25) is 4.79 Å². The van der Waals surface area contributed by atoms with Crippen molar-refractivity contribution in [1.29, 1.82) is 0 Å². The van der Waals surface area contributed by atoms with Crippen LogP contribution in [0.5, 0.6) is 0 Å². The average molecular weight is 280 g/mol. The SMILES string of the molecule is CC(C)C(C(=O)O)N1C(=O)NC(C)(c2ccco2)C1=O. The van der Waals surface area contributed by atoms with Crippen molar-refractivity contribution in [2.45, 2.75) is 32.4 Å². The molecule has 1 aromatic heterocycles. The van der Waals surface area contributed by atoms with E-state index in [9.17, 15) is 19.5 Å². The van der Waals surface area contributed by atoms with Crippen molar-refractivity contribution in [1.82, 2.24) is 10.2 Å². The Morgan fingerprint density at radius 1 is 1.45 bits per heavy atom. The van der Waals surface area contributed by atoms with Gasteiger partial charge < -0.3 is 14.8 Å². The van der Waals surface area contributed by atoms with Gasteiger partial charge in [0.05, 0.1) is 6.26 Å². The van der Waals surface area contributed by atoms with E-state index < -0.39 is 35.4 Å². The van der Waals surface area contributed by atoms with Crippen LogP contribution in [0.3, 0.4) is 0 Å². The molecule has 0 bridgehead atoms. The molecule has 1 aliphatic heterocycles. The zero-order valence-corrected chi connectivity index (χ0v) is 11.4. The molecule has 2 atom stereocenters. The lowest BCUT2D eigenvalue weighted by Gasteiger charge is -2.25. The molecule has 3 amide bonds. The van der Waals surface area contributed by atoms with Gasteiger partial charge in [0.1, 0.15) is 11.8 Å². The minimum atomic E-state index is -1.37. The van der Waals surface area contributed by atoms with Crippen LogP contribution < -0.4 is 5.32 Å². The summed E-state index contributed by atoms with van der Waals surface area (Å²) < 4.78 is 5.18. The lowest BCUT2D eigenvalue weighted by molar-refractivity contribution is -0.149. The van der Waals surface area contributed by atoms with E-state index in [0.29, 0.717) is 0 Å². The smallest absolute Gasteiger partial charge is 0.327 e. The molecule has 1 saturated heterocycles. The third-order valence-electron chi connectivity index (χ3n) is 3.40. The molecular formula is C13H16N2O5. The fraction of sp³-hybridized carbons (Fsp3) is 0.462. The highest BCUT2D eigenvalue weighted by molar-refractivity contribution is 6.09. The Kier molecular flexibility index (Phi) is 3.29. The third kappa shape index (κ3) is 1.95. The number of carbonyl (C=O) groups is 3. The fourth-order valence-corrected chi connectivity index (χ4v) is 2.34. The molecule has 1 aliphatic rings. The van der Waals surface area contributed by atoms with Gasteiger partial charge in [0.2, 0.25) is 0 Å². The first-order valence-corrected chi connectivity index (χ1v) is 6.21. The quantitative estimate of drug-likeness (QED) is 0.806. The summed E-state index contributed by atoms with van der Waals surface area (Å²) in [6, 6.07) is 1.22. The Bertz CT molecular complexity index is 551. The highest BCUT2D eigenvalue weighted by Crippen LogP contribution is 2.31. The summed E-state index contributed by atoms with van der Waals surface area (Å²) in [5.41, 5.74) is -1.37. The molecule has 7 heteroatoms. The van der Waals surface area contributed by atoms with E-state index in [1.54, 1.807) is 26.0 Å². The lowest BCUT2D eigenvalue weighted by atomic mass is 9.97. The second-order valence-electron chi connectivity index (χ2n) is 5.23. The monoisotopic (exact) mass is 280 g/mol. The average Bonchev–Trinajstić information content (AvgIpc) is 2.93. The van der Waals surface area contributed by atoms with Crippen molar-refractivity contribution in [2.24, 2.45) is 5.92 Å². The van der Waals surface area contributed by atoms with E-state index in [1.807, 2.05) is 0 Å². The van der Waals surface area contributed by atoms with E-state index in [-0.39, 0.29) is 5.76 Å². The lowest BCUT2D eigenvalue weighted by Crippen LogP contribution is -2.49. The first-order chi connectivity index (χ1) is 9.29. The molecule has 0 aliphatic carbocycles. The number of nitrogens with zero attached hydrogens (tertiary/aromatic N) is 1. The van der Waals surface area contributed by atoms with Crippen LogP contribution in [0.4, 0.5) is 4.79 Å². The number of amides is 3. The summed E-state index contributed by atoms with van der Waals surface area (Å²) in [6.07, 6.45) is 1.39. The van der Waals surface area contributed by atoms with Crippen molar-refractivity contribution in [3.63, 3.8) is 0 Å². The van der Waals surface area contributed by atoms with Gasteiger partial charge >= 0.3 is 12.0 Å². The summed E-state index contributed by atoms with van der Waals surface area (Å²) in [7, 11) is 0. The number of hydrogen-bond donors (Lipinski definition) is 2. The number of aliphatic carboxylic acids is 1. The summed E-state index contributed by atoms with van der Waals surface area (Å²) in [5, 5.41) is 11.7. The molecule has 2 heterocycles. The maximum absolute atomic E-state index is 12.5. The van der Waals surface area contributed by atoms with Crippen molar-refractivity contribution in [2.75, 3.05) is 0 Å². The van der Waals surface area contributed by atoms with Gasteiger partial charge in [-0.25, -0.2) is 14.5 Å². The van der Waals surface area contributed by atoms with Crippen LogP contribution in [0.25, 0.3) is 0 Å². The number of rotatable bonds is 4. The zero-order valence-electron chi connectivity index (χ0n) is 11.4. The molecule has 0 aromatic carbocycles. The van der Waals surface area contributed by atoms with Crippen LogP contribution in [-0.4, -0.2) is 34.0 Å². The van der Waals surface area contributed by atoms with Crippen molar-refractivity contribution in [3.05, 3.63) is 24.2 Å². The zero-order chi connectivity index (χ0) is 15.1. The summed E-state index contributed by atoms with van der Waals surface area (Å²) in [5.74, 6) is -1.97. The fourth-order valence-electron chi connectivity index (χ4n) is 2.34. The number of furan rings is 1. The normalized spacial score (nSPS) is 24.1. The van der Waals surface area contributed by atoms with E-state index >= 15 is 0 Å². The van der Waals surface area contributed by atoms with Crippen molar-refractivity contribution < 1.29 is 23.9 Å². The Labute approximate surface area is 115 Å². The molecule has 0 saturated carbocycles. The highest BCUT2D eigenvalue weighted by atomic mass is 16.4. The van der Waals surface area contributed by atoms with Crippen molar-refractivity contribution in [3.8, 4) is 0 Å². The summed E-state index contributed by atoms with van der Waals surface area (Å²) >= 11 is 0. The van der Waals surface area contributed by atoms with Crippen molar-refractivity contribution >= 4 is 17.9 Å². The van der Waals surface area contributed by atoms with Gasteiger partial charge in [-0.05, 0) is 25.0 Å². The number of imide groups is 1. The standard InChI is InChI=1S/C13H16N2O5/c1-7(2)9(10(16)17)15-11(18)13(3,14-12(15)19)8-5-4-6-20-8/h4-7,9H,1-3H3,(H,14,19)(H,16,17). The Morgan fingerprint density at radius 3 is 2.55 bits per heavy atom. The number of nitrogens with one attached hydrogen (secondary N) is 1. The number of carboxylic acid groups (broad SMARTS) is 1. The van der Waals surface area contributed by atoms with E-state index in [4.69, 9.17) is 4.42 Å². The molecule has 7 nitrogen and oxygen atoms in total. The minimum Gasteiger partial charge on any atom is -0.480 e. The number of carboxylic acids is 1. The number of urea groups is 1. The molecular weight excluding hydrogens is 264 g/mol. The van der Waals surface area contributed by atoms with Gasteiger partial charge in [0.15, 0.2) is 5.54 Å². The first kappa shape index (κ1) is 14.1. The number of carbonyl (C=O) groups excluding carboxylic acids is 2. The van der Waals surface area contributed by atoms with Gasteiger partial charge in [0.25, 0.3) is 5.91 Å². The molecule has 20 heavy (non-hydrogen) atoms. The summed E-state index contributed by atoms with van der Waals surface area (Å²) in [6.45, 7) is 4.77. The third-order valence-corrected chi connectivity index (χ3v) is 3.40. The minimum absolute atomic E-state index is 0.270. The van der Waals surface area contributed by atoms with E-state index in [0.717, 1.165) is 4.90 Å². The molecule has 0 spiro atoms. The van der Waals surface area contributed by atoms with Crippen LogP contribution in [0.1, 0.15) is 26.5 Å². The Hall–Kier alpha value is -2.31. The van der Waals surface area contributed by atoms with Gasteiger partial charge in [-0.15, -0.1) is 0 Å². The predicted molar refractivity (Wildman–Crippen MR) is 67.7 cm³/mol. The van der Waals surface area contributed by atoms with Crippen LogP contribution in [0.15, 0.2) is 22.8 Å². The molecule has 2 unspecified atom stereocenters. The van der Waals surface area contributed by atoms with E-state index in [1.165, 1.54) is 13.2 Å². The molecule has 1 aromatic rings. The highest BCUT2D eigenvalue weighted by Gasteiger charge is 2.54. The van der Waals surface area contributed by atoms with Crippen LogP contribution >= 0.6 is 0 Å².